The summed E-state index contributed by atoms with van der Waals surface area (Å²) in [6.07, 6.45) is 0. The first-order valence-corrected chi connectivity index (χ1v) is 10.4. The molecule has 0 spiro atoms. The SMILES string of the molecule is O=C1C(=O)N(Cc2ccccc2)C(c2ccc(I)cc2)C1=C(O)c1ccc(F)cc1. The van der Waals surface area contributed by atoms with E-state index < -0.39 is 23.5 Å². The van der Waals surface area contributed by atoms with E-state index in [1.54, 1.807) is 0 Å². The molecule has 1 aliphatic rings. The fraction of sp³-hybridized carbons (Fsp3) is 0.0833. The van der Waals surface area contributed by atoms with Crippen LogP contribution in [0.15, 0.2) is 84.4 Å². The molecule has 1 amide bonds. The third-order valence-electron chi connectivity index (χ3n) is 5.04. The summed E-state index contributed by atoms with van der Waals surface area (Å²) in [5, 5.41) is 10.9. The molecule has 150 valence electrons. The van der Waals surface area contributed by atoms with Crippen molar-refractivity contribution in [3.8, 4) is 0 Å². The highest BCUT2D eigenvalue weighted by molar-refractivity contribution is 14.1. The van der Waals surface area contributed by atoms with Crippen LogP contribution in [0.1, 0.15) is 22.7 Å². The zero-order valence-electron chi connectivity index (χ0n) is 15.8. The Labute approximate surface area is 186 Å². The lowest BCUT2D eigenvalue weighted by atomic mass is 9.95. The number of ketones is 1. The van der Waals surface area contributed by atoms with Crippen molar-refractivity contribution in [2.24, 2.45) is 0 Å². The number of nitrogens with zero attached hydrogens (tertiary/aromatic N) is 1. The van der Waals surface area contributed by atoms with Crippen LogP contribution in [0.2, 0.25) is 0 Å². The van der Waals surface area contributed by atoms with Gasteiger partial charge in [0.05, 0.1) is 11.6 Å². The minimum absolute atomic E-state index is 0.00347. The van der Waals surface area contributed by atoms with Crippen molar-refractivity contribution >= 4 is 40.0 Å². The van der Waals surface area contributed by atoms with E-state index in [1.807, 2.05) is 54.6 Å². The number of Topliss-reactive ketones (excluding diaryl/α,β-unsaturated/α-hetero) is 1. The summed E-state index contributed by atoms with van der Waals surface area (Å²) in [5.41, 5.74) is 1.87. The first-order chi connectivity index (χ1) is 14.5. The van der Waals surface area contributed by atoms with E-state index in [4.69, 9.17) is 0 Å². The number of aliphatic hydroxyl groups is 1. The molecule has 0 bridgehead atoms. The number of hydrogen-bond donors (Lipinski definition) is 1. The number of benzene rings is 3. The summed E-state index contributed by atoms with van der Waals surface area (Å²) >= 11 is 2.18. The molecule has 1 atom stereocenters. The third-order valence-corrected chi connectivity index (χ3v) is 5.76. The van der Waals surface area contributed by atoms with Crippen LogP contribution >= 0.6 is 22.6 Å². The van der Waals surface area contributed by atoms with Crippen molar-refractivity contribution in [3.63, 3.8) is 0 Å². The predicted octanol–water partition coefficient (Wildman–Crippen LogP) is 5.05. The monoisotopic (exact) mass is 513 g/mol. The first-order valence-electron chi connectivity index (χ1n) is 9.29. The number of carbonyl (C=O) groups excluding carboxylic acids is 2. The summed E-state index contributed by atoms with van der Waals surface area (Å²) < 4.78 is 14.3. The number of carbonyl (C=O) groups is 2. The third kappa shape index (κ3) is 3.87. The van der Waals surface area contributed by atoms with Gasteiger partial charge in [-0.2, -0.15) is 0 Å². The smallest absolute Gasteiger partial charge is 0.295 e. The molecule has 3 aromatic rings. The van der Waals surface area contributed by atoms with Crippen LogP contribution in [0.3, 0.4) is 0 Å². The topological polar surface area (TPSA) is 57.6 Å². The highest BCUT2D eigenvalue weighted by Gasteiger charge is 2.46. The summed E-state index contributed by atoms with van der Waals surface area (Å²) in [6.45, 7) is 0.224. The van der Waals surface area contributed by atoms with E-state index in [-0.39, 0.29) is 23.4 Å². The van der Waals surface area contributed by atoms with Crippen molar-refractivity contribution in [3.05, 3.63) is 111 Å². The van der Waals surface area contributed by atoms with Crippen molar-refractivity contribution < 1.29 is 19.1 Å². The Morgan fingerprint density at radius 3 is 2.20 bits per heavy atom. The van der Waals surface area contributed by atoms with Crippen LogP contribution in [0.4, 0.5) is 4.39 Å². The molecule has 1 unspecified atom stereocenters. The molecule has 6 heteroatoms. The van der Waals surface area contributed by atoms with Crippen LogP contribution in [0, 0.1) is 9.39 Å². The quantitative estimate of drug-likeness (QED) is 0.230. The van der Waals surface area contributed by atoms with Crippen LogP contribution < -0.4 is 0 Å². The lowest BCUT2D eigenvalue weighted by Gasteiger charge is -2.25. The largest absolute Gasteiger partial charge is 0.507 e. The van der Waals surface area contributed by atoms with Gasteiger partial charge in [0.25, 0.3) is 11.7 Å². The minimum Gasteiger partial charge on any atom is -0.507 e. The maximum absolute atomic E-state index is 13.3. The lowest BCUT2D eigenvalue weighted by molar-refractivity contribution is -0.140. The molecule has 4 rings (SSSR count). The molecule has 1 N–H and O–H groups in total. The number of amides is 1. The van der Waals surface area contributed by atoms with Crippen molar-refractivity contribution in [1.82, 2.24) is 4.90 Å². The van der Waals surface area contributed by atoms with Gasteiger partial charge >= 0.3 is 0 Å². The zero-order chi connectivity index (χ0) is 21.3. The zero-order valence-corrected chi connectivity index (χ0v) is 17.9. The maximum Gasteiger partial charge on any atom is 0.295 e. The van der Waals surface area contributed by atoms with Gasteiger partial charge in [-0.15, -0.1) is 0 Å². The summed E-state index contributed by atoms with van der Waals surface area (Å²) in [5.74, 6) is -2.19. The molecule has 1 fully saturated rings. The molecule has 4 nitrogen and oxygen atoms in total. The second-order valence-corrected chi connectivity index (χ2v) is 8.22. The van der Waals surface area contributed by atoms with E-state index in [2.05, 4.69) is 22.6 Å². The molecule has 0 saturated carbocycles. The average molecular weight is 513 g/mol. The Balaban J connectivity index is 1.85. The average Bonchev–Trinajstić information content (AvgIpc) is 3.00. The lowest BCUT2D eigenvalue weighted by Crippen LogP contribution is -2.29. The highest BCUT2D eigenvalue weighted by Crippen LogP contribution is 2.40. The van der Waals surface area contributed by atoms with Gasteiger partial charge in [0.2, 0.25) is 0 Å². The van der Waals surface area contributed by atoms with Crippen LogP contribution in [0.5, 0.6) is 0 Å². The van der Waals surface area contributed by atoms with E-state index in [0.29, 0.717) is 5.56 Å². The normalized spacial score (nSPS) is 18.1. The number of rotatable bonds is 4. The maximum atomic E-state index is 13.3. The molecule has 1 heterocycles. The molecule has 1 saturated heterocycles. The predicted molar refractivity (Wildman–Crippen MR) is 120 cm³/mol. The van der Waals surface area contributed by atoms with Gasteiger partial charge in [0.15, 0.2) is 0 Å². The van der Waals surface area contributed by atoms with E-state index >= 15 is 0 Å². The highest BCUT2D eigenvalue weighted by atomic mass is 127. The summed E-state index contributed by atoms with van der Waals surface area (Å²) in [6, 6.07) is 21.3. The Kier molecular flexibility index (Phi) is 5.67. The standard InChI is InChI=1S/C24H17FINO3/c25-18-10-6-17(7-11-18)22(28)20-21(16-8-12-19(26)13-9-16)27(24(30)23(20)29)14-15-4-2-1-3-5-15/h1-13,21,28H,14H2. The number of hydrogen-bond acceptors (Lipinski definition) is 3. The molecule has 1 aliphatic heterocycles. The van der Waals surface area contributed by atoms with Crippen LogP contribution in [0.25, 0.3) is 5.76 Å². The van der Waals surface area contributed by atoms with Crippen molar-refractivity contribution in [2.45, 2.75) is 12.6 Å². The molecular formula is C24H17FINO3. The number of likely N-dealkylation sites (tertiary alicyclic amines) is 1. The van der Waals surface area contributed by atoms with Gasteiger partial charge in [-0.1, -0.05) is 42.5 Å². The van der Waals surface area contributed by atoms with Gasteiger partial charge in [0, 0.05) is 15.7 Å². The Morgan fingerprint density at radius 2 is 1.57 bits per heavy atom. The summed E-state index contributed by atoms with van der Waals surface area (Å²) in [7, 11) is 0. The Morgan fingerprint density at radius 1 is 0.933 bits per heavy atom. The van der Waals surface area contributed by atoms with Crippen LogP contribution in [-0.4, -0.2) is 21.7 Å². The molecule has 30 heavy (non-hydrogen) atoms. The van der Waals surface area contributed by atoms with Crippen LogP contribution in [-0.2, 0) is 16.1 Å². The van der Waals surface area contributed by atoms with E-state index in [0.717, 1.165) is 9.13 Å². The molecule has 0 radical (unpaired) electrons. The molecule has 0 aromatic heterocycles. The van der Waals surface area contributed by atoms with Gasteiger partial charge in [-0.05, 0) is 70.1 Å². The molecular weight excluding hydrogens is 496 g/mol. The van der Waals surface area contributed by atoms with Crippen molar-refractivity contribution in [1.29, 1.82) is 0 Å². The molecule has 3 aromatic carbocycles. The minimum atomic E-state index is -0.753. The van der Waals surface area contributed by atoms with Gasteiger partial charge in [-0.3, -0.25) is 9.59 Å². The number of halogens is 2. The first kappa shape index (κ1) is 20.3. The second-order valence-electron chi connectivity index (χ2n) is 6.97. The van der Waals surface area contributed by atoms with E-state index in [1.165, 1.54) is 29.2 Å². The fourth-order valence-electron chi connectivity index (χ4n) is 3.58. The van der Waals surface area contributed by atoms with Gasteiger partial charge in [-0.25, -0.2) is 4.39 Å². The second kappa shape index (κ2) is 8.39. The summed E-state index contributed by atoms with van der Waals surface area (Å²) in [4.78, 5) is 27.4. The van der Waals surface area contributed by atoms with E-state index in [9.17, 15) is 19.1 Å². The Hall–Kier alpha value is -3.00. The number of aliphatic hydroxyl groups excluding tert-OH is 1. The van der Waals surface area contributed by atoms with Crippen molar-refractivity contribution in [2.75, 3.05) is 0 Å². The fourth-order valence-corrected chi connectivity index (χ4v) is 3.94. The van der Waals surface area contributed by atoms with Gasteiger partial charge < -0.3 is 10.0 Å². The molecule has 0 aliphatic carbocycles. The van der Waals surface area contributed by atoms with Gasteiger partial charge in [0.1, 0.15) is 11.6 Å². The Bertz CT molecular complexity index is 1130.